The molecule has 2 aromatic rings. The van der Waals surface area contributed by atoms with Crippen LogP contribution in [0.5, 0.6) is 0 Å². The third-order valence-electron chi connectivity index (χ3n) is 3.06. The van der Waals surface area contributed by atoms with E-state index in [2.05, 4.69) is 19.5 Å². The highest BCUT2D eigenvalue weighted by Gasteiger charge is 2.38. The molecule has 142 valence electrons. The van der Waals surface area contributed by atoms with Crippen LogP contribution in [0.15, 0.2) is 28.8 Å². The molecule has 0 spiro atoms. The predicted molar refractivity (Wildman–Crippen MR) is 73.0 cm³/mol. The summed E-state index contributed by atoms with van der Waals surface area (Å²) in [5.41, 5.74) is 0.573. The van der Waals surface area contributed by atoms with Gasteiger partial charge in [0.15, 0.2) is 0 Å². The summed E-state index contributed by atoms with van der Waals surface area (Å²) in [7, 11) is 1.04. The van der Waals surface area contributed by atoms with Crippen LogP contribution in [0.2, 0.25) is 0 Å². The van der Waals surface area contributed by atoms with Crippen LogP contribution in [-0.4, -0.2) is 34.4 Å². The zero-order valence-corrected chi connectivity index (χ0v) is 13.1. The van der Waals surface area contributed by atoms with Crippen LogP contribution in [0.1, 0.15) is 17.9 Å². The summed E-state index contributed by atoms with van der Waals surface area (Å²) in [4.78, 5) is 19.4. The molecule has 1 heterocycles. The molecule has 0 bridgehead atoms. The number of nitrogens with zero attached hydrogens (tertiary/aromatic N) is 3. The predicted octanol–water partition coefficient (Wildman–Crippen LogP) is 3.60. The van der Waals surface area contributed by atoms with E-state index < -0.39 is 30.6 Å². The van der Waals surface area contributed by atoms with Gasteiger partial charge in [-0.3, -0.25) is 9.63 Å². The Labute approximate surface area is 142 Å². The minimum atomic E-state index is -4.77. The molecular weight excluding hydrogens is 372 g/mol. The SMILES string of the molecule is CON(Cc1ccc(-c2noc(C(F)(F)F)n2)cc1)C(=O)CC(F)(F)F. The average molecular weight is 383 g/mol. The molecular formula is C14H11F6N3O3. The molecule has 0 aliphatic heterocycles. The van der Waals surface area contributed by atoms with Crippen LogP contribution < -0.4 is 0 Å². The molecule has 0 radical (unpaired) electrons. The fraction of sp³-hybridized carbons (Fsp3) is 0.357. The Morgan fingerprint density at radius 1 is 1.15 bits per heavy atom. The van der Waals surface area contributed by atoms with Crippen molar-refractivity contribution >= 4 is 5.91 Å². The number of amides is 1. The maximum absolute atomic E-state index is 12.4. The Morgan fingerprint density at radius 3 is 2.23 bits per heavy atom. The van der Waals surface area contributed by atoms with Gasteiger partial charge in [-0.1, -0.05) is 29.4 Å². The molecule has 0 atom stereocenters. The fourth-order valence-electron chi connectivity index (χ4n) is 1.90. The second-order valence-electron chi connectivity index (χ2n) is 5.02. The van der Waals surface area contributed by atoms with E-state index in [1.54, 1.807) is 0 Å². The van der Waals surface area contributed by atoms with Crippen molar-refractivity contribution in [2.75, 3.05) is 7.11 Å². The largest absolute Gasteiger partial charge is 0.471 e. The number of rotatable bonds is 5. The van der Waals surface area contributed by atoms with Gasteiger partial charge in [0.1, 0.15) is 6.42 Å². The summed E-state index contributed by atoms with van der Waals surface area (Å²) in [6.07, 6.45) is -11.1. The van der Waals surface area contributed by atoms with Gasteiger partial charge in [0.05, 0.1) is 13.7 Å². The van der Waals surface area contributed by atoms with Crippen molar-refractivity contribution in [1.82, 2.24) is 15.2 Å². The Kier molecular flexibility index (Phi) is 5.54. The molecule has 0 saturated carbocycles. The lowest BCUT2D eigenvalue weighted by Gasteiger charge is -2.20. The van der Waals surface area contributed by atoms with Crippen molar-refractivity contribution in [1.29, 1.82) is 0 Å². The smallest absolute Gasteiger partial charge is 0.329 e. The molecule has 0 unspecified atom stereocenters. The van der Waals surface area contributed by atoms with Crippen LogP contribution in [0.25, 0.3) is 11.4 Å². The van der Waals surface area contributed by atoms with Crippen molar-refractivity contribution in [2.45, 2.75) is 25.3 Å². The Bertz CT molecular complexity index is 755. The van der Waals surface area contributed by atoms with Crippen LogP contribution in [0.4, 0.5) is 26.3 Å². The van der Waals surface area contributed by atoms with E-state index in [0.717, 1.165) is 7.11 Å². The lowest BCUT2D eigenvalue weighted by atomic mass is 10.1. The lowest BCUT2D eigenvalue weighted by molar-refractivity contribution is -0.197. The maximum atomic E-state index is 12.4. The van der Waals surface area contributed by atoms with Gasteiger partial charge in [-0.05, 0) is 5.56 Å². The highest BCUT2D eigenvalue weighted by Crippen LogP contribution is 2.29. The second-order valence-corrected chi connectivity index (χ2v) is 5.02. The monoisotopic (exact) mass is 383 g/mol. The molecule has 2 rings (SSSR count). The summed E-state index contributed by atoms with van der Waals surface area (Å²) in [5, 5.41) is 3.73. The zero-order valence-electron chi connectivity index (χ0n) is 13.1. The van der Waals surface area contributed by atoms with Crippen molar-refractivity contribution in [3.05, 3.63) is 35.7 Å². The first kappa shape index (κ1) is 19.7. The van der Waals surface area contributed by atoms with E-state index in [1.807, 2.05) is 0 Å². The van der Waals surface area contributed by atoms with Crippen molar-refractivity contribution in [3.63, 3.8) is 0 Å². The van der Waals surface area contributed by atoms with Gasteiger partial charge < -0.3 is 4.52 Å². The first-order valence-corrected chi connectivity index (χ1v) is 6.91. The molecule has 12 heteroatoms. The second kappa shape index (κ2) is 7.32. The number of benzene rings is 1. The number of carbonyl (C=O) groups excluding carboxylic acids is 1. The zero-order chi connectivity index (χ0) is 19.5. The van der Waals surface area contributed by atoms with Gasteiger partial charge in [-0.2, -0.15) is 31.3 Å². The Hall–Kier alpha value is -2.63. The van der Waals surface area contributed by atoms with Crippen LogP contribution in [0, 0.1) is 0 Å². The van der Waals surface area contributed by atoms with Gasteiger partial charge in [0.25, 0.3) is 5.91 Å². The van der Waals surface area contributed by atoms with E-state index >= 15 is 0 Å². The fourth-order valence-corrected chi connectivity index (χ4v) is 1.90. The van der Waals surface area contributed by atoms with Crippen molar-refractivity contribution in [2.24, 2.45) is 0 Å². The molecule has 0 aliphatic carbocycles. The number of carbonyl (C=O) groups is 1. The first-order valence-electron chi connectivity index (χ1n) is 6.91. The number of hydroxylamine groups is 2. The van der Waals surface area contributed by atoms with Crippen LogP contribution >= 0.6 is 0 Å². The van der Waals surface area contributed by atoms with E-state index in [0.29, 0.717) is 10.6 Å². The molecule has 0 N–H and O–H groups in total. The molecule has 0 fully saturated rings. The van der Waals surface area contributed by atoms with E-state index in [-0.39, 0.29) is 17.9 Å². The normalized spacial score (nSPS) is 12.3. The molecule has 1 aromatic heterocycles. The van der Waals surface area contributed by atoms with E-state index in [9.17, 15) is 31.1 Å². The van der Waals surface area contributed by atoms with Gasteiger partial charge in [0, 0.05) is 5.56 Å². The standard InChI is InChI=1S/C14H11F6N3O3/c1-25-23(10(24)6-13(15,16)17)7-8-2-4-9(5-3-8)11-21-12(26-22-11)14(18,19)20/h2-5H,6-7H2,1H3. The Balaban J connectivity index is 2.09. The summed E-state index contributed by atoms with van der Waals surface area (Å²) < 4.78 is 78.2. The van der Waals surface area contributed by atoms with Gasteiger partial charge in [-0.25, -0.2) is 5.06 Å². The van der Waals surface area contributed by atoms with Gasteiger partial charge in [0.2, 0.25) is 5.82 Å². The molecule has 0 aliphatic rings. The molecule has 26 heavy (non-hydrogen) atoms. The number of halogens is 6. The minimum absolute atomic E-state index is 0.193. The van der Waals surface area contributed by atoms with Crippen molar-refractivity contribution in [3.8, 4) is 11.4 Å². The number of alkyl halides is 6. The molecule has 1 aromatic carbocycles. The lowest BCUT2D eigenvalue weighted by Crippen LogP contribution is -2.32. The first-order chi connectivity index (χ1) is 12.0. The number of hydrogen-bond donors (Lipinski definition) is 0. The number of hydrogen-bond acceptors (Lipinski definition) is 5. The van der Waals surface area contributed by atoms with Crippen molar-refractivity contribution < 1.29 is 40.5 Å². The molecule has 6 nitrogen and oxygen atoms in total. The quantitative estimate of drug-likeness (QED) is 0.583. The highest BCUT2D eigenvalue weighted by molar-refractivity contribution is 5.75. The maximum Gasteiger partial charge on any atom is 0.471 e. The molecule has 1 amide bonds. The van der Waals surface area contributed by atoms with Gasteiger partial charge >= 0.3 is 18.2 Å². The summed E-state index contributed by atoms with van der Waals surface area (Å²) in [5.74, 6) is -3.09. The van der Waals surface area contributed by atoms with Crippen LogP contribution in [0.3, 0.4) is 0 Å². The summed E-state index contributed by atoms with van der Waals surface area (Å²) >= 11 is 0. The minimum Gasteiger partial charge on any atom is -0.329 e. The number of aromatic nitrogens is 2. The van der Waals surface area contributed by atoms with E-state index in [1.165, 1.54) is 24.3 Å². The topological polar surface area (TPSA) is 68.5 Å². The Morgan fingerprint density at radius 2 is 1.77 bits per heavy atom. The average Bonchev–Trinajstić information content (AvgIpc) is 3.01. The third kappa shape index (κ3) is 5.18. The summed E-state index contributed by atoms with van der Waals surface area (Å²) in [6, 6.07) is 5.43. The summed E-state index contributed by atoms with van der Waals surface area (Å²) in [6.45, 7) is -0.286. The highest BCUT2D eigenvalue weighted by atomic mass is 19.4. The third-order valence-corrected chi connectivity index (χ3v) is 3.06. The molecule has 0 saturated heterocycles. The van der Waals surface area contributed by atoms with E-state index in [4.69, 9.17) is 0 Å². The van der Waals surface area contributed by atoms with Gasteiger partial charge in [-0.15, -0.1) is 0 Å². The van der Waals surface area contributed by atoms with Crippen LogP contribution in [-0.2, 0) is 22.4 Å².